The molecule has 42 valence electrons. The van der Waals surface area contributed by atoms with E-state index in [4.69, 9.17) is 5.11 Å². The van der Waals surface area contributed by atoms with Crippen molar-refractivity contribution in [1.82, 2.24) is 0 Å². The molecular weight excluding hydrogens is 88.1 g/mol. The van der Waals surface area contributed by atoms with Crippen LogP contribution in [0.2, 0.25) is 0 Å². The molecule has 0 fully saturated rings. The minimum absolute atomic E-state index is 0.254. The summed E-state index contributed by atoms with van der Waals surface area (Å²) in [5.41, 5.74) is 0. The molecule has 0 radical (unpaired) electrons. The van der Waals surface area contributed by atoms with Gasteiger partial charge in [-0.1, -0.05) is 19.1 Å². The van der Waals surface area contributed by atoms with Gasteiger partial charge in [0, 0.05) is 6.61 Å². The Labute approximate surface area is 44.7 Å². The average molecular weight is 100 g/mol. The maximum atomic E-state index is 8.41. The Morgan fingerprint density at radius 2 is 2.29 bits per heavy atom. The van der Waals surface area contributed by atoms with Gasteiger partial charge in [-0.2, -0.15) is 0 Å². The van der Waals surface area contributed by atoms with E-state index in [9.17, 15) is 0 Å². The standard InChI is InChI=1S/C6H12O/c1-3-4-6(2)5-7/h3-4,6-7H,5H2,1-2H3/b4-3+/t6-/m0/s1. The lowest BCUT2D eigenvalue weighted by atomic mass is 10.2. The highest BCUT2D eigenvalue weighted by molar-refractivity contribution is 4.81. The molecule has 7 heavy (non-hydrogen) atoms. The molecule has 0 aliphatic rings. The minimum atomic E-state index is 0.254. The molecule has 1 N–H and O–H groups in total. The SMILES string of the molecule is C/C=C/[C@H](C)CO. The molecule has 1 nitrogen and oxygen atoms in total. The zero-order valence-electron chi connectivity index (χ0n) is 4.89. The van der Waals surface area contributed by atoms with Gasteiger partial charge in [0.25, 0.3) is 0 Å². The zero-order chi connectivity index (χ0) is 5.70. The van der Waals surface area contributed by atoms with Crippen LogP contribution in [-0.4, -0.2) is 11.7 Å². The van der Waals surface area contributed by atoms with Crippen LogP contribution in [0.3, 0.4) is 0 Å². The number of rotatable bonds is 2. The Hall–Kier alpha value is -0.300. The van der Waals surface area contributed by atoms with Crippen molar-refractivity contribution in [2.45, 2.75) is 13.8 Å². The van der Waals surface area contributed by atoms with Crippen molar-refractivity contribution in [3.8, 4) is 0 Å². The van der Waals surface area contributed by atoms with Gasteiger partial charge >= 0.3 is 0 Å². The van der Waals surface area contributed by atoms with Crippen molar-refractivity contribution in [1.29, 1.82) is 0 Å². The fourth-order valence-electron chi connectivity index (χ4n) is 0.389. The van der Waals surface area contributed by atoms with E-state index in [-0.39, 0.29) is 6.61 Å². The second-order valence-corrected chi connectivity index (χ2v) is 1.69. The lowest BCUT2D eigenvalue weighted by Gasteiger charge is -1.95. The Balaban J connectivity index is 3.16. The second-order valence-electron chi connectivity index (χ2n) is 1.69. The molecule has 0 rings (SSSR count). The monoisotopic (exact) mass is 100 g/mol. The molecule has 0 unspecified atom stereocenters. The Bertz CT molecular complexity index is 57.2. The van der Waals surface area contributed by atoms with E-state index >= 15 is 0 Å². The van der Waals surface area contributed by atoms with Crippen LogP contribution in [-0.2, 0) is 0 Å². The lowest BCUT2D eigenvalue weighted by Crippen LogP contribution is -1.93. The third kappa shape index (κ3) is 3.53. The maximum absolute atomic E-state index is 8.41. The molecule has 0 saturated carbocycles. The highest BCUT2D eigenvalue weighted by atomic mass is 16.3. The van der Waals surface area contributed by atoms with Crippen molar-refractivity contribution in [2.75, 3.05) is 6.61 Å². The minimum Gasteiger partial charge on any atom is -0.396 e. The van der Waals surface area contributed by atoms with Crippen molar-refractivity contribution in [2.24, 2.45) is 5.92 Å². The number of allylic oxidation sites excluding steroid dienone is 1. The molecule has 0 spiro atoms. The van der Waals surface area contributed by atoms with Crippen molar-refractivity contribution in [3.63, 3.8) is 0 Å². The van der Waals surface area contributed by atoms with Crippen molar-refractivity contribution >= 4 is 0 Å². The summed E-state index contributed by atoms with van der Waals surface area (Å²) in [5, 5.41) is 8.41. The zero-order valence-corrected chi connectivity index (χ0v) is 4.89. The van der Waals surface area contributed by atoms with E-state index in [0.29, 0.717) is 5.92 Å². The molecule has 0 bridgehead atoms. The fraction of sp³-hybridized carbons (Fsp3) is 0.667. The second kappa shape index (κ2) is 3.88. The predicted molar refractivity (Wildman–Crippen MR) is 31.1 cm³/mol. The van der Waals surface area contributed by atoms with Gasteiger partial charge in [-0.15, -0.1) is 0 Å². The summed E-state index contributed by atoms with van der Waals surface area (Å²) in [4.78, 5) is 0. The van der Waals surface area contributed by atoms with Crippen LogP contribution in [0.5, 0.6) is 0 Å². The molecule has 0 aliphatic carbocycles. The predicted octanol–water partition coefficient (Wildman–Crippen LogP) is 1.19. The van der Waals surface area contributed by atoms with Crippen molar-refractivity contribution in [3.05, 3.63) is 12.2 Å². The number of aliphatic hydroxyl groups excluding tert-OH is 1. The van der Waals surface area contributed by atoms with Crippen LogP contribution in [0.1, 0.15) is 13.8 Å². The highest BCUT2D eigenvalue weighted by Crippen LogP contribution is 1.92. The van der Waals surface area contributed by atoms with E-state index in [1.807, 2.05) is 26.0 Å². The Morgan fingerprint density at radius 1 is 1.71 bits per heavy atom. The Kier molecular flexibility index (Phi) is 3.71. The first-order valence-corrected chi connectivity index (χ1v) is 2.55. The smallest absolute Gasteiger partial charge is 0.0491 e. The summed E-state index contributed by atoms with van der Waals surface area (Å²) >= 11 is 0. The van der Waals surface area contributed by atoms with Gasteiger partial charge in [-0.3, -0.25) is 0 Å². The molecule has 0 heterocycles. The topological polar surface area (TPSA) is 20.2 Å². The van der Waals surface area contributed by atoms with Gasteiger partial charge < -0.3 is 5.11 Å². The third-order valence-electron chi connectivity index (χ3n) is 0.809. The molecule has 0 aromatic heterocycles. The number of hydrogen-bond donors (Lipinski definition) is 1. The largest absolute Gasteiger partial charge is 0.396 e. The first-order chi connectivity index (χ1) is 3.31. The molecular formula is C6H12O. The van der Waals surface area contributed by atoms with E-state index in [2.05, 4.69) is 0 Å². The van der Waals surface area contributed by atoms with Gasteiger partial charge in [0.15, 0.2) is 0 Å². The molecule has 0 amide bonds. The molecule has 0 aliphatic heterocycles. The van der Waals surface area contributed by atoms with Gasteiger partial charge in [0.1, 0.15) is 0 Å². The van der Waals surface area contributed by atoms with E-state index < -0.39 is 0 Å². The summed E-state index contributed by atoms with van der Waals surface area (Å²) < 4.78 is 0. The number of hydrogen-bond acceptors (Lipinski definition) is 1. The van der Waals surface area contributed by atoms with Crippen LogP contribution in [0.4, 0.5) is 0 Å². The maximum Gasteiger partial charge on any atom is 0.0491 e. The molecule has 0 aromatic carbocycles. The van der Waals surface area contributed by atoms with Gasteiger partial charge in [-0.25, -0.2) is 0 Å². The first-order valence-electron chi connectivity index (χ1n) is 2.55. The highest BCUT2D eigenvalue weighted by Gasteiger charge is 1.87. The van der Waals surface area contributed by atoms with Crippen molar-refractivity contribution < 1.29 is 5.11 Å². The Morgan fingerprint density at radius 3 is 2.43 bits per heavy atom. The summed E-state index contributed by atoms with van der Waals surface area (Å²) in [6, 6.07) is 0. The fourth-order valence-corrected chi connectivity index (χ4v) is 0.389. The van der Waals surface area contributed by atoms with Gasteiger partial charge in [0.2, 0.25) is 0 Å². The third-order valence-corrected chi connectivity index (χ3v) is 0.809. The quantitative estimate of drug-likeness (QED) is 0.517. The van der Waals surface area contributed by atoms with E-state index in [1.165, 1.54) is 0 Å². The molecule has 1 atom stereocenters. The van der Waals surface area contributed by atoms with Crippen LogP contribution >= 0.6 is 0 Å². The molecule has 0 saturated heterocycles. The van der Waals surface area contributed by atoms with E-state index in [1.54, 1.807) is 0 Å². The lowest BCUT2D eigenvalue weighted by molar-refractivity contribution is 0.262. The van der Waals surface area contributed by atoms with Crippen LogP contribution < -0.4 is 0 Å². The molecule has 1 heteroatoms. The molecule has 0 aromatic rings. The average Bonchev–Trinajstić information content (AvgIpc) is 1.68. The summed E-state index contributed by atoms with van der Waals surface area (Å²) in [7, 11) is 0. The number of aliphatic hydroxyl groups is 1. The van der Waals surface area contributed by atoms with Crippen LogP contribution in [0, 0.1) is 5.92 Å². The van der Waals surface area contributed by atoms with Crippen LogP contribution in [0.25, 0.3) is 0 Å². The summed E-state index contributed by atoms with van der Waals surface area (Å²) in [6.45, 7) is 4.18. The summed E-state index contributed by atoms with van der Waals surface area (Å²) in [6.07, 6.45) is 3.92. The van der Waals surface area contributed by atoms with E-state index in [0.717, 1.165) is 0 Å². The van der Waals surface area contributed by atoms with Gasteiger partial charge in [-0.05, 0) is 12.8 Å². The van der Waals surface area contributed by atoms with Crippen LogP contribution in [0.15, 0.2) is 12.2 Å². The first kappa shape index (κ1) is 6.70. The van der Waals surface area contributed by atoms with Gasteiger partial charge in [0.05, 0.1) is 0 Å². The normalized spacial score (nSPS) is 15.3. The summed E-state index contributed by atoms with van der Waals surface area (Å²) in [5.74, 6) is 0.324.